The van der Waals surface area contributed by atoms with Crippen molar-refractivity contribution < 1.29 is 9.18 Å². The van der Waals surface area contributed by atoms with Crippen LogP contribution in [0.2, 0.25) is 5.02 Å². The van der Waals surface area contributed by atoms with Gasteiger partial charge in [-0.15, -0.1) is 0 Å². The minimum atomic E-state index is -0.329. The Balaban J connectivity index is 2.55. The first-order valence-electron chi connectivity index (χ1n) is 5.25. The molecule has 0 N–H and O–H groups in total. The monoisotopic (exact) mass is 326 g/mol. The fraction of sp³-hybridized carbons (Fsp3) is 0.0714. The topological polar surface area (TPSA) is 17.1 Å². The first-order valence-corrected chi connectivity index (χ1v) is 6.42. The van der Waals surface area contributed by atoms with E-state index in [0.29, 0.717) is 21.7 Å². The number of carbonyl (C=O) groups excluding carboxylic acids is 1. The second-order valence-corrected chi connectivity index (χ2v) is 5.20. The number of hydrogen-bond donors (Lipinski definition) is 0. The molecule has 0 saturated heterocycles. The number of hydrogen-bond acceptors (Lipinski definition) is 1. The van der Waals surface area contributed by atoms with E-state index in [1.54, 1.807) is 30.3 Å². The quantitative estimate of drug-likeness (QED) is 0.700. The van der Waals surface area contributed by atoms with Gasteiger partial charge in [0, 0.05) is 15.6 Å². The van der Waals surface area contributed by atoms with Gasteiger partial charge in [-0.2, -0.15) is 0 Å². The molecule has 92 valence electrons. The average molecular weight is 328 g/mol. The predicted molar refractivity (Wildman–Crippen MR) is 74.6 cm³/mol. The first kappa shape index (κ1) is 13.2. The Morgan fingerprint density at radius 2 is 1.94 bits per heavy atom. The molecule has 0 unspecified atom stereocenters. The molecule has 0 fully saturated rings. The van der Waals surface area contributed by atoms with Gasteiger partial charge in [-0.3, -0.25) is 4.79 Å². The maximum atomic E-state index is 13.7. The molecule has 0 saturated carbocycles. The molecular weight excluding hydrogens is 319 g/mol. The molecule has 18 heavy (non-hydrogen) atoms. The maximum Gasteiger partial charge on any atom is 0.161 e. The zero-order valence-electron chi connectivity index (χ0n) is 9.51. The Morgan fingerprint density at radius 3 is 2.56 bits per heavy atom. The molecule has 0 aliphatic rings. The van der Waals surface area contributed by atoms with Crippen molar-refractivity contribution in [2.24, 2.45) is 0 Å². The van der Waals surface area contributed by atoms with Gasteiger partial charge in [0.1, 0.15) is 5.82 Å². The van der Waals surface area contributed by atoms with Crippen molar-refractivity contribution in [3.8, 4) is 11.1 Å². The first-order chi connectivity index (χ1) is 8.49. The largest absolute Gasteiger partial charge is 0.294 e. The lowest BCUT2D eigenvalue weighted by Gasteiger charge is -2.07. The average Bonchev–Trinajstić information content (AvgIpc) is 2.31. The number of halogens is 3. The van der Waals surface area contributed by atoms with E-state index in [9.17, 15) is 9.18 Å². The second-order valence-electron chi connectivity index (χ2n) is 3.87. The SMILES string of the molecule is CC(=O)c1ccc(-c2cc(Br)ccc2F)cc1Cl. The minimum absolute atomic E-state index is 0.110. The number of benzene rings is 2. The number of ketones is 1. The number of carbonyl (C=O) groups is 1. The summed E-state index contributed by atoms with van der Waals surface area (Å²) in [5, 5.41) is 0.333. The van der Waals surface area contributed by atoms with Crippen molar-refractivity contribution in [3.63, 3.8) is 0 Å². The smallest absolute Gasteiger partial charge is 0.161 e. The Kier molecular flexibility index (Phi) is 3.83. The van der Waals surface area contributed by atoms with Crippen molar-refractivity contribution in [1.29, 1.82) is 0 Å². The summed E-state index contributed by atoms with van der Waals surface area (Å²) in [4.78, 5) is 11.3. The highest BCUT2D eigenvalue weighted by Crippen LogP contribution is 2.29. The van der Waals surface area contributed by atoms with Crippen LogP contribution >= 0.6 is 27.5 Å². The van der Waals surface area contributed by atoms with Crippen molar-refractivity contribution in [2.75, 3.05) is 0 Å². The molecule has 2 rings (SSSR count). The molecule has 0 aliphatic heterocycles. The molecule has 0 spiro atoms. The van der Waals surface area contributed by atoms with Gasteiger partial charge in [0.15, 0.2) is 5.78 Å². The van der Waals surface area contributed by atoms with Crippen molar-refractivity contribution in [3.05, 3.63) is 57.3 Å². The summed E-state index contributed by atoms with van der Waals surface area (Å²) in [6.07, 6.45) is 0. The standard InChI is InChI=1S/C14H9BrClFO/c1-8(18)11-4-2-9(6-13(11)16)12-7-10(15)3-5-14(12)17/h2-7H,1H3. The highest BCUT2D eigenvalue weighted by molar-refractivity contribution is 9.10. The molecule has 4 heteroatoms. The molecule has 0 amide bonds. The molecule has 0 radical (unpaired) electrons. The van der Waals surface area contributed by atoms with Crippen LogP contribution in [0.15, 0.2) is 40.9 Å². The number of rotatable bonds is 2. The van der Waals surface area contributed by atoms with Gasteiger partial charge >= 0.3 is 0 Å². The Morgan fingerprint density at radius 1 is 1.22 bits per heavy atom. The minimum Gasteiger partial charge on any atom is -0.294 e. The molecule has 0 aliphatic carbocycles. The predicted octanol–water partition coefficient (Wildman–Crippen LogP) is 5.11. The summed E-state index contributed by atoms with van der Waals surface area (Å²) in [6.45, 7) is 1.45. The fourth-order valence-corrected chi connectivity index (χ4v) is 2.36. The fourth-order valence-electron chi connectivity index (χ4n) is 1.69. The molecule has 1 nitrogen and oxygen atoms in total. The van der Waals surface area contributed by atoms with Gasteiger partial charge < -0.3 is 0 Å². The van der Waals surface area contributed by atoms with E-state index >= 15 is 0 Å². The summed E-state index contributed by atoms with van der Waals surface area (Å²) in [7, 11) is 0. The maximum absolute atomic E-state index is 13.7. The molecule has 0 bridgehead atoms. The Hall–Kier alpha value is -1.19. The molecule has 0 heterocycles. The summed E-state index contributed by atoms with van der Waals surface area (Å²) < 4.78 is 14.5. The summed E-state index contributed by atoms with van der Waals surface area (Å²) >= 11 is 9.31. The van der Waals surface area contributed by atoms with Crippen LogP contribution in [0.3, 0.4) is 0 Å². The lowest BCUT2D eigenvalue weighted by atomic mass is 10.0. The van der Waals surface area contributed by atoms with Gasteiger partial charge in [-0.25, -0.2) is 4.39 Å². The molecule has 2 aromatic carbocycles. The second kappa shape index (κ2) is 5.21. The van der Waals surface area contributed by atoms with Crippen LogP contribution in [-0.2, 0) is 0 Å². The highest BCUT2D eigenvalue weighted by atomic mass is 79.9. The van der Waals surface area contributed by atoms with Crippen LogP contribution in [0.4, 0.5) is 4.39 Å². The zero-order valence-corrected chi connectivity index (χ0v) is 11.8. The molecular formula is C14H9BrClFO. The van der Waals surface area contributed by atoms with Gasteiger partial charge in [0.25, 0.3) is 0 Å². The van der Waals surface area contributed by atoms with Crippen LogP contribution in [0.1, 0.15) is 17.3 Å². The van der Waals surface area contributed by atoms with E-state index < -0.39 is 0 Å². The third-order valence-corrected chi connectivity index (χ3v) is 3.39. The summed E-state index contributed by atoms with van der Waals surface area (Å²) in [6, 6.07) is 9.59. The third-order valence-electron chi connectivity index (χ3n) is 2.59. The van der Waals surface area contributed by atoms with Gasteiger partial charge in [-0.1, -0.05) is 33.6 Å². The van der Waals surface area contributed by atoms with Gasteiger partial charge in [0.05, 0.1) is 5.02 Å². The Labute approximate surface area is 118 Å². The Bertz CT molecular complexity index is 625. The van der Waals surface area contributed by atoms with E-state index in [0.717, 1.165) is 4.47 Å². The van der Waals surface area contributed by atoms with Crippen LogP contribution in [0.25, 0.3) is 11.1 Å². The van der Waals surface area contributed by atoms with Crippen LogP contribution in [0.5, 0.6) is 0 Å². The van der Waals surface area contributed by atoms with E-state index in [-0.39, 0.29) is 11.6 Å². The van der Waals surface area contributed by atoms with Crippen molar-refractivity contribution in [2.45, 2.75) is 6.92 Å². The van der Waals surface area contributed by atoms with Gasteiger partial charge in [0.2, 0.25) is 0 Å². The molecule has 0 atom stereocenters. The third kappa shape index (κ3) is 2.62. The van der Waals surface area contributed by atoms with Crippen LogP contribution < -0.4 is 0 Å². The van der Waals surface area contributed by atoms with Crippen LogP contribution in [0, 0.1) is 5.82 Å². The normalized spacial score (nSPS) is 10.4. The summed E-state index contributed by atoms with van der Waals surface area (Å²) in [5.41, 5.74) is 1.53. The van der Waals surface area contributed by atoms with E-state index in [1.807, 2.05) is 0 Å². The van der Waals surface area contributed by atoms with E-state index in [1.165, 1.54) is 13.0 Å². The van der Waals surface area contributed by atoms with Gasteiger partial charge in [-0.05, 0) is 42.8 Å². The number of Topliss-reactive ketones (excluding diaryl/α,β-unsaturated/α-hetero) is 1. The van der Waals surface area contributed by atoms with Crippen molar-refractivity contribution >= 4 is 33.3 Å². The lowest BCUT2D eigenvalue weighted by molar-refractivity contribution is 0.101. The van der Waals surface area contributed by atoms with E-state index in [4.69, 9.17) is 11.6 Å². The highest BCUT2D eigenvalue weighted by Gasteiger charge is 2.10. The summed E-state index contributed by atoms with van der Waals surface area (Å²) in [5.74, 6) is -0.439. The van der Waals surface area contributed by atoms with Crippen molar-refractivity contribution in [1.82, 2.24) is 0 Å². The molecule has 0 aromatic heterocycles. The van der Waals surface area contributed by atoms with Crippen LogP contribution in [-0.4, -0.2) is 5.78 Å². The zero-order chi connectivity index (χ0) is 13.3. The lowest BCUT2D eigenvalue weighted by Crippen LogP contribution is -1.94. The molecule has 2 aromatic rings. The van der Waals surface area contributed by atoms with E-state index in [2.05, 4.69) is 15.9 Å².